The van der Waals surface area contributed by atoms with Crippen LogP contribution in [0.25, 0.3) is 43.1 Å². The molecule has 7 heteroatoms. The summed E-state index contributed by atoms with van der Waals surface area (Å²) in [6.45, 7) is 25.2. The van der Waals surface area contributed by atoms with Crippen LogP contribution in [-0.4, -0.2) is 23.6 Å². The number of anilines is 3. The number of hydrogen-bond acceptors (Lipinski definition) is 5. The summed E-state index contributed by atoms with van der Waals surface area (Å²) in [5.74, 6) is -1.58. The molecule has 0 saturated carbocycles. The molecule has 59 heavy (non-hydrogen) atoms. The second-order valence-corrected chi connectivity index (χ2v) is 20.7. The molecule has 0 bridgehead atoms. The third-order valence-corrected chi connectivity index (χ3v) is 12.6. The van der Waals surface area contributed by atoms with Crippen molar-refractivity contribution in [3.8, 4) is 0 Å². The minimum atomic E-state index is -0.424. The largest absolute Gasteiger partial charge is 0.398 e. The number of benzene rings is 7. The third kappa shape index (κ3) is 5.39. The summed E-state index contributed by atoms with van der Waals surface area (Å²) in [5.41, 5.74) is 12.9. The second kappa shape index (κ2) is 12.0. The van der Waals surface area contributed by atoms with Gasteiger partial charge in [0.2, 0.25) is 0 Å². The fourth-order valence-corrected chi connectivity index (χ4v) is 9.47. The van der Waals surface area contributed by atoms with Crippen LogP contribution in [0.15, 0.2) is 78.9 Å². The van der Waals surface area contributed by atoms with Crippen molar-refractivity contribution >= 4 is 83.8 Å². The molecule has 2 aliphatic heterocycles. The molecule has 0 aliphatic carbocycles. The normalized spacial score (nSPS) is 15.3. The molecule has 7 nitrogen and oxygen atoms in total. The summed E-state index contributed by atoms with van der Waals surface area (Å²) in [6.07, 6.45) is 0. The number of nitrogens with zero attached hydrogens (tertiary/aromatic N) is 2. The molecule has 2 aliphatic rings. The molecular formula is C52H51N3O4. The van der Waals surface area contributed by atoms with Crippen LogP contribution in [0.2, 0.25) is 0 Å². The van der Waals surface area contributed by atoms with E-state index in [0.29, 0.717) is 55.5 Å². The first-order valence-electron chi connectivity index (χ1n) is 20.5. The van der Waals surface area contributed by atoms with Gasteiger partial charge in [0.05, 0.1) is 16.9 Å². The van der Waals surface area contributed by atoms with Crippen molar-refractivity contribution in [3.05, 3.63) is 123 Å². The number of imide groups is 2. The molecule has 4 amide bonds. The highest BCUT2D eigenvalue weighted by atomic mass is 16.2. The van der Waals surface area contributed by atoms with E-state index in [1.807, 2.05) is 54.6 Å². The smallest absolute Gasteiger partial charge is 0.266 e. The second-order valence-electron chi connectivity index (χ2n) is 20.7. The van der Waals surface area contributed by atoms with Crippen LogP contribution in [0.4, 0.5) is 17.1 Å². The van der Waals surface area contributed by atoms with Gasteiger partial charge < -0.3 is 5.73 Å². The molecular weight excluding hydrogens is 731 g/mol. The summed E-state index contributed by atoms with van der Waals surface area (Å²) >= 11 is 0. The van der Waals surface area contributed by atoms with E-state index in [1.165, 1.54) is 9.80 Å². The molecule has 0 saturated heterocycles. The zero-order chi connectivity index (χ0) is 42.6. The van der Waals surface area contributed by atoms with E-state index in [9.17, 15) is 19.2 Å². The topological polar surface area (TPSA) is 101 Å². The van der Waals surface area contributed by atoms with Crippen molar-refractivity contribution in [2.75, 3.05) is 15.5 Å². The lowest BCUT2D eigenvalue weighted by Crippen LogP contribution is -2.42. The van der Waals surface area contributed by atoms with Crippen LogP contribution < -0.4 is 15.5 Å². The molecule has 298 valence electrons. The molecule has 0 unspecified atom stereocenters. The van der Waals surface area contributed by atoms with Gasteiger partial charge in [-0.1, -0.05) is 126 Å². The van der Waals surface area contributed by atoms with Crippen LogP contribution in [0, 0.1) is 0 Å². The number of carbonyl (C=O) groups excluding carboxylic acids is 4. The average Bonchev–Trinajstić information content (AvgIpc) is 3.14. The third-order valence-electron chi connectivity index (χ3n) is 12.6. The standard InChI is InChI=1S/C52H51N3O4/c1-49(2,3)26-13-21-35(51(7,8)9)38(23-26)54-45(56)31-18-15-28-29-16-19-33-42-34(25-37(53)43(44(29)42)30-17-20-32(46(54)57)41(31)40(28)30)48(59)55(47(33)58)39-24-27(50(4,5)6)14-22-36(39)52(10,11)12/h13-25H,53H2,1-12H3. The van der Waals surface area contributed by atoms with Crippen molar-refractivity contribution in [3.63, 3.8) is 0 Å². The predicted octanol–water partition coefficient (Wildman–Crippen LogP) is 12.1. The molecule has 0 aromatic heterocycles. The highest BCUT2D eigenvalue weighted by Crippen LogP contribution is 2.50. The molecule has 2 heterocycles. The number of carbonyl (C=O) groups is 4. The van der Waals surface area contributed by atoms with Crippen molar-refractivity contribution < 1.29 is 19.2 Å². The van der Waals surface area contributed by atoms with E-state index in [4.69, 9.17) is 5.73 Å². The minimum absolute atomic E-state index is 0.208. The lowest BCUT2D eigenvalue weighted by Gasteiger charge is -2.35. The number of amides is 4. The summed E-state index contributed by atoms with van der Waals surface area (Å²) in [6, 6.07) is 25.1. The molecule has 0 fully saturated rings. The van der Waals surface area contributed by atoms with Gasteiger partial charge in [-0.2, -0.15) is 0 Å². The van der Waals surface area contributed by atoms with Gasteiger partial charge >= 0.3 is 0 Å². The molecule has 7 aromatic carbocycles. The average molecular weight is 782 g/mol. The Labute approximate surface area is 345 Å². The SMILES string of the molecule is CC(C)(C)c1ccc(C(C)(C)C)c(N2C(=O)c3ccc4c5ccc6c7c(cc(N)c(c8ccc(c3c48)C2=O)c75)C(=O)N(c2cc(C(C)(C)C)ccc2C(C)(C)C)C6=O)c1. The van der Waals surface area contributed by atoms with E-state index < -0.39 is 5.91 Å². The lowest BCUT2D eigenvalue weighted by atomic mass is 9.79. The Hall–Kier alpha value is -6.08. The maximum absolute atomic E-state index is 14.9. The zero-order valence-electron chi connectivity index (χ0n) is 36.1. The molecule has 0 radical (unpaired) electrons. The van der Waals surface area contributed by atoms with Gasteiger partial charge in [0, 0.05) is 43.9 Å². The first-order chi connectivity index (χ1) is 27.4. The summed E-state index contributed by atoms with van der Waals surface area (Å²) < 4.78 is 0. The highest BCUT2D eigenvalue weighted by molar-refractivity contribution is 6.46. The number of nitrogen functional groups attached to an aromatic ring is 1. The number of fused-ring (bicyclic) bond motifs is 2. The van der Waals surface area contributed by atoms with Crippen molar-refractivity contribution in [2.24, 2.45) is 0 Å². The predicted molar refractivity (Wildman–Crippen MR) is 242 cm³/mol. The van der Waals surface area contributed by atoms with Gasteiger partial charge in [-0.05, 0) is 102 Å². The Morgan fingerprint density at radius 1 is 0.373 bits per heavy atom. The molecule has 0 spiro atoms. The fourth-order valence-electron chi connectivity index (χ4n) is 9.47. The Kier molecular flexibility index (Phi) is 7.82. The number of hydrogen-bond donors (Lipinski definition) is 1. The van der Waals surface area contributed by atoms with E-state index in [1.54, 1.807) is 12.1 Å². The van der Waals surface area contributed by atoms with Gasteiger partial charge in [-0.3, -0.25) is 19.2 Å². The van der Waals surface area contributed by atoms with Gasteiger partial charge in [0.25, 0.3) is 23.6 Å². The Balaban J connectivity index is 1.28. The molecule has 7 aromatic rings. The summed E-state index contributed by atoms with van der Waals surface area (Å²) in [5, 5.41) is 5.66. The first kappa shape index (κ1) is 38.4. The van der Waals surface area contributed by atoms with E-state index in [0.717, 1.165) is 49.2 Å². The molecule has 0 atom stereocenters. The quantitative estimate of drug-likeness (QED) is 0.0814. The lowest BCUT2D eigenvalue weighted by molar-refractivity contribution is 0.0877. The van der Waals surface area contributed by atoms with Crippen LogP contribution in [0.5, 0.6) is 0 Å². The van der Waals surface area contributed by atoms with Crippen molar-refractivity contribution in [1.82, 2.24) is 0 Å². The summed E-state index contributed by atoms with van der Waals surface area (Å²) in [4.78, 5) is 62.0. The van der Waals surface area contributed by atoms with Crippen LogP contribution >= 0.6 is 0 Å². The number of rotatable bonds is 2. The molecule has 9 rings (SSSR count). The zero-order valence-corrected chi connectivity index (χ0v) is 36.1. The van der Waals surface area contributed by atoms with Crippen LogP contribution in [0.3, 0.4) is 0 Å². The van der Waals surface area contributed by atoms with Gasteiger partial charge in [0.1, 0.15) is 0 Å². The maximum Gasteiger partial charge on any atom is 0.266 e. The Morgan fingerprint density at radius 2 is 0.746 bits per heavy atom. The van der Waals surface area contributed by atoms with Crippen molar-refractivity contribution in [2.45, 2.75) is 105 Å². The van der Waals surface area contributed by atoms with Gasteiger partial charge in [-0.15, -0.1) is 0 Å². The Morgan fingerprint density at radius 3 is 1.15 bits per heavy atom. The first-order valence-corrected chi connectivity index (χ1v) is 20.5. The Bertz CT molecular complexity index is 3050. The fraction of sp³-hybridized carbons (Fsp3) is 0.308. The van der Waals surface area contributed by atoms with Crippen LogP contribution in [-0.2, 0) is 21.7 Å². The monoisotopic (exact) mass is 781 g/mol. The van der Waals surface area contributed by atoms with E-state index in [2.05, 4.69) is 95.2 Å². The molecule has 2 N–H and O–H groups in total. The van der Waals surface area contributed by atoms with E-state index >= 15 is 0 Å². The van der Waals surface area contributed by atoms with Crippen molar-refractivity contribution in [1.29, 1.82) is 0 Å². The highest BCUT2D eigenvalue weighted by Gasteiger charge is 2.41. The van der Waals surface area contributed by atoms with Crippen LogP contribution in [0.1, 0.15) is 147 Å². The van der Waals surface area contributed by atoms with Gasteiger partial charge in [-0.25, -0.2) is 9.80 Å². The maximum atomic E-state index is 14.9. The number of nitrogens with two attached hydrogens (primary N) is 1. The van der Waals surface area contributed by atoms with Gasteiger partial charge in [0.15, 0.2) is 0 Å². The van der Waals surface area contributed by atoms with E-state index in [-0.39, 0.29) is 39.4 Å². The minimum Gasteiger partial charge on any atom is -0.398 e. The summed E-state index contributed by atoms with van der Waals surface area (Å²) in [7, 11) is 0.